The topological polar surface area (TPSA) is 85.1 Å². The van der Waals surface area contributed by atoms with E-state index in [1.54, 1.807) is 7.11 Å². The van der Waals surface area contributed by atoms with Crippen molar-refractivity contribution in [3.05, 3.63) is 54.9 Å². The molecule has 7 nitrogen and oxygen atoms in total. The van der Waals surface area contributed by atoms with Gasteiger partial charge in [-0.3, -0.25) is 0 Å². The molecule has 32 heavy (non-hydrogen) atoms. The molecule has 0 saturated carbocycles. The molecule has 4 rings (SSSR count). The summed E-state index contributed by atoms with van der Waals surface area (Å²) in [6.07, 6.45) is -1.59. The standard InChI is InChI=1S/C21H20F3N5O2S/c1-29-10-9-26-19(29)20(30,21(22,23)24)7-8-25-18-17-15(27-12-28-18)11-16(32-17)13-3-5-14(31-2)6-4-13/h3-6,9-12,30H,7-8H2,1-2H3,(H,25,27,28)/t20-/m1/s1. The fourth-order valence-electron chi connectivity index (χ4n) is 3.38. The van der Waals surface area contributed by atoms with Crippen molar-refractivity contribution in [3.8, 4) is 16.2 Å². The summed E-state index contributed by atoms with van der Waals surface area (Å²) in [6.45, 7) is -0.176. The number of thiophene rings is 1. The first-order valence-electron chi connectivity index (χ1n) is 9.62. The zero-order chi connectivity index (χ0) is 22.9. The van der Waals surface area contributed by atoms with Gasteiger partial charge in [0.2, 0.25) is 5.60 Å². The van der Waals surface area contributed by atoms with Crippen LogP contribution < -0.4 is 10.1 Å². The van der Waals surface area contributed by atoms with Gasteiger partial charge in [-0.25, -0.2) is 15.0 Å². The number of aliphatic hydroxyl groups is 1. The van der Waals surface area contributed by atoms with Crippen molar-refractivity contribution in [1.82, 2.24) is 19.5 Å². The van der Waals surface area contributed by atoms with Crippen LogP contribution in [0.5, 0.6) is 5.75 Å². The largest absolute Gasteiger partial charge is 0.497 e. The maximum absolute atomic E-state index is 13.7. The number of fused-ring (bicyclic) bond motifs is 1. The normalized spacial score (nSPS) is 13.8. The van der Waals surface area contributed by atoms with Gasteiger partial charge in [0.15, 0.2) is 0 Å². The van der Waals surface area contributed by atoms with Crippen molar-refractivity contribution < 1.29 is 23.0 Å². The molecule has 0 amide bonds. The summed E-state index contributed by atoms with van der Waals surface area (Å²) in [5, 5.41) is 13.4. The van der Waals surface area contributed by atoms with E-state index in [1.807, 2.05) is 30.3 Å². The first kappa shape index (κ1) is 22.0. The van der Waals surface area contributed by atoms with Crippen LogP contribution in [0, 0.1) is 0 Å². The predicted octanol–water partition coefficient (Wildman–Crippen LogP) is 4.35. The van der Waals surface area contributed by atoms with Crippen LogP contribution in [0.15, 0.2) is 49.1 Å². The van der Waals surface area contributed by atoms with E-state index in [4.69, 9.17) is 4.74 Å². The number of aryl methyl sites for hydroxylation is 1. The lowest BCUT2D eigenvalue weighted by molar-refractivity contribution is -0.271. The second kappa shape index (κ2) is 8.40. The molecule has 0 bridgehead atoms. The molecular weight excluding hydrogens is 443 g/mol. The molecule has 0 unspecified atom stereocenters. The highest BCUT2D eigenvalue weighted by Gasteiger charge is 2.57. The van der Waals surface area contributed by atoms with Gasteiger partial charge in [0.05, 0.1) is 17.3 Å². The molecule has 0 saturated heterocycles. The summed E-state index contributed by atoms with van der Waals surface area (Å²) in [5.41, 5.74) is -1.46. The van der Waals surface area contributed by atoms with Crippen LogP contribution in [-0.4, -0.2) is 44.5 Å². The number of rotatable bonds is 7. The molecule has 0 aliphatic rings. The molecule has 1 atom stereocenters. The highest BCUT2D eigenvalue weighted by atomic mass is 32.1. The van der Waals surface area contributed by atoms with Gasteiger partial charge in [-0.2, -0.15) is 13.2 Å². The Bertz CT molecular complexity index is 1220. The van der Waals surface area contributed by atoms with Crippen LogP contribution in [0.25, 0.3) is 20.7 Å². The second-order valence-corrected chi connectivity index (χ2v) is 8.22. The van der Waals surface area contributed by atoms with Crippen LogP contribution in [0.4, 0.5) is 19.0 Å². The average Bonchev–Trinajstić information content (AvgIpc) is 3.40. The minimum absolute atomic E-state index is 0.176. The smallest absolute Gasteiger partial charge is 0.424 e. The SMILES string of the molecule is COc1ccc(-c2cc3ncnc(NCC[C@@](O)(c4nccn4C)C(F)(F)F)c3s2)cc1. The van der Waals surface area contributed by atoms with E-state index in [2.05, 4.69) is 20.3 Å². The first-order chi connectivity index (χ1) is 15.2. The molecule has 168 valence electrons. The van der Waals surface area contributed by atoms with Crippen LogP contribution >= 0.6 is 11.3 Å². The van der Waals surface area contributed by atoms with Crippen molar-refractivity contribution in [2.45, 2.75) is 18.2 Å². The van der Waals surface area contributed by atoms with Crippen molar-refractivity contribution in [3.63, 3.8) is 0 Å². The number of hydrogen-bond donors (Lipinski definition) is 2. The number of methoxy groups -OCH3 is 1. The van der Waals surface area contributed by atoms with Gasteiger partial charge >= 0.3 is 6.18 Å². The third-order valence-corrected chi connectivity index (χ3v) is 6.31. The van der Waals surface area contributed by atoms with Gasteiger partial charge in [0.25, 0.3) is 0 Å². The number of imidazole rings is 1. The molecule has 11 heteroatoms. The summed E-state index contributed by atoms with van der Waals surface area (Å²) >= 11 is 1.42. The molecule has 3 aromatic heterocycles. The Morgan fingerprint density at radius 1 is 1.16 bits per heavy atom. The Morgan fingerprint density at radius 2 is 1.91 bits per heavy atom. The zero-order valence-corrected chi connectivity index (χ0v) is 18.0. The Kier molecular flexibility index (Phi) is 5.78. The highest BCUT2D eigenvalue weighted by molar-refractivity contribution is 7.22. The van der Waals surface area contributed by atoms with Crippen molar-refractivity contribution >= 4 is 27.4 Å². The van der Waals surface area contributed by atoms with E-state index >= 15 is 0 Å². The minimum Gasteiger partial charge on any atom is -0.497 e. The maximum Gasteiger partial charge on any atom is 0.424 e. The van der Waals surface area contributed by atoms with Crippen LogP contribution in [0.2, 0.25) is 0 Å². The van der Waals surface area contributed by atoms with Crippen LogP contribution in [0.3, 0.4) is 0 Å². The Morgan fingerprint density at radius 3 is 2.53 bits per heavy atom. The molecule has 0 aliphatic carbocycles. The third kappa shape index (κ3) is 4.00. The zero-order valence-electron chi connectivity index (χ0n) is 17.2. The van der Waals surface area contributed by atoms with E-state index in [-0.39, 0.29) is 6.54 Å². The molecule has 0 aliphatic heterocycles. The monoisotopic (exact) mass is 463 g/mol. The number of nitrogens with one attached hydrogen (secondary N) is 1. The number of alkyl halides is 3. The molecule has 3 heterocycles. The van der Waals surface area contributed by atoms with Gasteiger partial charge in [-0.05, 0) is 35.9 Å². The van der Waals surface area contributed by atoms with E-state index < -0.39 is 24.0 Å². The first-order valence-corrected chi connectivity index (χ1v) is 10.4. The third-order valence-electron chi connectivity index (χ3n) is 5.13. The highest BCUT2D eigenvalue weighted by Crippen LogP contribution is 2.41. The molecule has 0 spiro atoms. The summed E-state index contributed by atoms with van der Waals surface area (Å²) in [6, 6.07) is 9.43. The van der Waals surface area contributed by atoms with Gasteiger partial charge in [0.1, 0.15) is 23.7 Å². The van der Waals surface area contributed by atoms with Gasteiger partial charge < -0.3 is 19.7 Å². The molecule has 2 N–H and O–H groups in total. The quantitative estimate of drug-likeness (QED) is 0.424. The van der Waals surface area contributed by atoms with E-state index in [1.165, 1.54) is 37.1 Å². The number of halogens is 3. The minimum atomic E-state index is -4.89. The maximum atomic E-state index is 13.7. The number of nitrogens with zero attached hydrogens (tertiary/aromatic N) is 4. The lowest BCUT2D eigenvalue weighted by Gasteiger charge is -2.30. The van der Waals surface area contributed by atoms with Gasteiger partial charge in [-0.15, -0.1) is 11.3 Å². The van der Waals surface area contributed by atoms with E-state index in [9.17, 15) is 18.3 Å². The average molecular weight is 463 g/mol. The van der Waals surface area contributed by atoms with E-state index in [0.717, 1.165) is 20.8 Å². The van der Waals surface area contributed by atoms with E-state index in [0.29, 0.717) is 16.0 Å². The summed E-state index contributed by atoms with van der Waals surface area (Å²) in [5.74, 6) is 0.684. The second-order valence-electron chi connectivity index (χ2n) is 7.17. The van der Waals surface area contributed by atoms with Crippen molar-refractivity contribution in [2.24, 2.45) is 7.05 Å². The lowest BCUT2D eigenvalue weighted by Crippen LogP contribution is -2.45. The van der Waals surface area contributed by atoms with Crippen molar-refractivity contribution in [2.75, 3.05) is 19.0 Å². The molecule has 1 aromatic carbocycles. The van der Waals surface area contributed by atoms with Gasteiger partial charge in [-0.1, -0.05) is 0 Å². The fourth-order valence-corrected chi connectivity index (χ4v) is 4.47. The molecule has 0 fully saturated rings. The summed E-state index contributed by atoms with van der Waals surface area (Å²) in [4.78, 5) is 13.1. The van der Waals surface area contributed by atoms with Crippen LogP contribution in [0.1, 0.15) is 12.2 Å². The number of anilines is 1. The summed E-state index contributed by atoms with van der Waals surface area (Å²) < 4.78 is 48.2. The fraction of sp³-hybridized carbons (Fsp3) is 0.286. The molecular formula is C21H20F3N5O2S. The number of ether oxygens (including phenoxy) is 1. The number of hydrogen-bond acceptors (Lipinski definition) is 7. The Balaban J connectivity index is 1.56. The Labute approximate surface area is 185 Å². The lowest BCUT2D eigenvalue weighted by atomic mass is 9.97. The van der Waals surface area contributed by atoms with Gasteiger partial charge in [0, 0.05) is 37.3 Å². The molecule has 4 aromatic rings. The summed E-state index contributed by atoms with van der Waals surface area (Å²) in [7, 11) is 3.00. The van der Waals surface area contributed by atoms with Crippen molar-refractivity contribution in [1.29, 1.82) is 0 Å². The number of aromatic nitrogens is 4. The number of benzene rings is 1. The predicted molar refractivity (Wildman–Crippen MR) is 116 cm³/mol. The van der Waals surface area contributed by atoms with Crippen LogP contribution in [-0.2, 0) is 12.6 Å². The molecule has 0 radical (unpaired) electrons. The Hall–Kier alpha value is -3.18.